The van der Waals surface area contributed by atoms with Crippen LogP contribution in [0.25, 0.3) is 0 Å². The fraction of sp³-hybridized carbons (Fsp3) is 0.167. The second-order valence-corrected chi connectivity index (χ2v) is 6.08. The number of benzene rings is 1. The van der Waals surface area contributed by atoms with E-state index in [-0.39, 0.29) is 0 Å². The van der Waals surface area contributed by atoms with E-state index in [1.54, 1.807) is 0 Å². The van der Waals surface area contributed by atoms with E-state index in [4.69, 9.17) is 0 Å². The maximum Gasteiger partial charge on any atom is 0.159 e. The lowest BCUT2D eigenvalue weighted by molar-refractivity contribution is 0.223. The lowest BCUT2D eigenvalue weighted by Gasteiger charge is -2.08. The van der Waals surface area contributed by atoms with Crippen molar-refractivity contribution >= 4 is 27.3 Å². The first-order chi connectivity index (χ1) is 7.99. The number of hydrogen-bond donors (Lipinski definition) is 1. The molecule has 17 heavy (non-hydrogen) atoms. The molecule has 0 saturated carbocycles. The summed E-state index contributed by atoms with van der Waals surface area (Å²) in [5.74, 6) is -1.86. The highest BCUT2D eigenvalue weighted by Gasteiger charge is 2.16. The van der Waals surface area contributed by atoms with Crippen LogP contribution in [0.1, 0.15) is 22.1 Å². The lowest BCUT2D eigenvalue weighted by atomic mass is 10.1. The molecule has 1 heterocycles. The van der Waals surface area contributed by atoms with Crippen molar-refractivity contribution in [2.45, 2.75) is 13.0 Å². The number of aliphatic hydroxyl groups is 1. The molecule has 2 aromatic rings. The number of aliphatic hydroxyl groups excluding tert-OH is 1. The molecule has 1 unspecified atom stereocenters. The third kappa shape index (κ3) is 2.56. The standard InChI is InChI=1S/C12H9BrF2OS/c1-6-4-10(17-12(6)13)11(16)7-2-3-8(14)9(15)5-7/h2-5,11,16H,1H3. The summed E-state index contributed by atoms with van der Waals surface area (Å²) in [5, 5.41) is 10.0. The number of aryl methyl sites for hydroxylation is 1. The smallest absolute Gasteiger partial charge is 0.159 e. The van der Waals surface area contributed by atoms with Crippen molar-refractivity contribution < 1.29 is 13.9 Å². The zero-order chi connectivity index (χ0) is 12.6. The topological polar surface area (TPSA) is 20.2 Å². The van der Waals surface area contributed by atoms with Crippen LogP contribution >= 0.6 is 27.3 Å². The number of hydrogen-bond acceptors (Lipinski definition) is 2. The zero-order valence-electron chi connectivity index (χ0n) is 8.88. The van der Waals surface area contributed by atoms with Crippen LogP contribution in [0.3, 0.4) is 0 Å². The first-order valence-electron chi connectivity index (χ1n) is 4.88. The van der Waals surface area contributed by atoms with Crippen LogP contribution in [0, 0.1) is 18.6 Å². The van der Waals surface area contributed by atoms with Gasteiger partial charge in [-0.05, 0) is 52.2 Å². The summed E-state index contributed by atoms with van der Waals surface area (Å²) >= 11 is 4.73. The molecule has 1 N–H and O–H groups in total. The second-order valence-electron chi connectivity index (χ2n) is 3.68. The third-order valence-corrected chi connectivity index (χ3v) is 4.59. The number of thiophene rings is 1. The van der Waals surface area contributed by atoms with Gasteiger partial charge in [-0.1, -0.05) is 6.07 Å². The Labute approximate surface area is 110 Å². The van der Waals surface area contributed by atoms with E-state index in [0.717, 1.165) is 21.5 Å². The first kappa shape index (κ1) is 12.7. The molecule has 1 aromatic carbocycles. The molecule has 0 aliphatic carbocycles. The highest BCUT2D eigenvalue weighted by atomic mass is 79.9. The Morgan fingerprint density at radius 2 is 1.94 bits per heavy atom. The predicted molar refractivity (Wildman–Crippen MR) is 67.2 cm³/mol. The summed E-state index contributed by atoms with van der Waals surface area (Å²) in [6.45, 7) is 1.90. The van der Waals surface area contributed by atoms with Gasteiger partial charge in [0.1, 0.15) is 6.10 Å². The highest BCUT2D eigenvalue weighted by Crippen LogP contribution is 2.34. The predicted octanol–water partition coefficient (Wildman–Crippen LogP) is 4.18. The van der Waals surface area contributed by atoms with Crippen molar-refractivity contribution in [1.29, 1.82) is 0 Å². The van der Waals surface area contributed by atoms with E-state index in [0.29, 0.717) is 10.4 Å². The highest BCUT2D eigenvalue weighted by molar-refractivity contribution is 9.11. The minimum atomic E-state index is -0.950. The van der Waals surface area contributed by atoms with Crippen LogP contribution in [0.5, 0.6) is 0 Å². The summed E-state index contributed by atoms with van der Waals surface area (Å²) in [6, 6.07) is 5.24. The van der Waals surface area contributed by atoms with E-state index in [1.807, 2.05) is 13.0 Å². The van der Waals surface area contributed by atoms with Gasteiger partial charge in [0.15, 0.2) is 11.6 Å². The Hall–Kier alpha value is -0.780. The summed E-state index contributed by atoms with van der Waals surface area (Å²) in [6.07, 6.45) is -0.930. The molecule has 0 saturated heterocycles. The monoisotopic (exact) mass is 318 g/mol. The molecular weight excluding hydrogens is 310 g/mol. The quantitative estimate of drug-likeness (QED) is 0.880. The Balaban J connectivity index is 2.36. The van der Waals surface area contributed by atoms with Crippen LogP contribution in [-0.2, 0) is 0 Å². The van der Waals surface area contributed by atoms with Gasteiger partial charge in [-0.3, -0.25) is 0 Å². The molecular formula is C12H9BrF2OS. The fourth-order valence-corrected chi connectivity index (χ4v) is 3.05. The maximum atomic E-state index is 13.0. The molecule has 0 amide bonds. The van der Waals surface area contributed by atoms with E-state index < -0.39 is 17.7 Å². The zero-order valence-corrected chi connectivity index (χ0v) is 11.3. The molecule has 0 aliphatic rings. The van der Waals surface area contributed by atoms with Gasteiger partial charge >= 0.3 is 0 Å². The summed E-state index contributed by atoms with van der Waals surface area (Å²) in [4.78, 5) is 0.695. The average molecular weight is 319 g/mol. The van der Waals surface area contributed by atoms with Crippen molar-refractivity contribution in [1.82, 2.24) is 0 Å². The van der Waals surface area contributed by atoms with Crippen molar-refractivity contribution in [2.24, 2.45) is 0 Å². The molecule has 2 rings (SSSR count). The fourth-order valence-electron chi connectivity index (χ4n) is 1.47. The van der Waals surface area contributed by atoms with Gasteiger partial charge in [0.05, 0.1) is 3.79 Å². The van der Waals surface area contributed by atoms with Gasteiger partial charge in [0, 0.05) is 4.88 Å². The Bertz CT molecular complexity index is 534. The first-order valence-corrected chi connectivity index (χ1v) is 6.49. The Kier molecular flexibility index (Phi) is 3.61. The van der Waals surface area contributed by atoms with Crippen LogP contribution in [0.15, 0.2) is 28.1 Å². The van der Waals surface area contributed by atoms with Gasteiger partial charge in [-0.25, -0.2) is 8.78 Å². The van der Waals surface area contributed by atoms with E-state index in [1.165, 1.54) is 17.4 Å². The molecule has 1 aromatic heterocycles. The number of rotatable bonds is 2. The third-order valence-electron chi connectivity index (χ3n) is 2.41. The summed E-state index contributed by atoms with van der Waals surface area (Å²) in [7, 11) is 0. The summed E-state index contributed by atoms with van der Waals surface area (Å²) in [5.41, 5.74) is 1.35. The SMILES string of the molecule is Cc1cc(C(O)c2ccc(F)c(F)c2)sc1Br. The molecule has 90 valence electrons. The minimum Gasteiger partial charge on any atom is -0.383 e. The van der Waals surface area contributed by atoms with Gasteiger partial charge < -0.3 is 5.11 Å². The van der Waals surface area contributed by atoms with E-state index in [2.05, 4.69) is 15.9 Å². The molecule has 5 heteroatoms. The normalized spacial score (nSPS) is 12.8. The van der Waals surface area contributed by atoms with Gasteiger partial charge in [0.25, 0.3) is 0 Å². The summed E-state index contributed by atoms with van der Waals surface area (Å²) < 4.78 is 26.7. The van der Waals surface area contributed by atoms with Crippen LogP contribution in [-0.4, -0.2) is 5.11 Å². The lowest BCUT2D eigenvalue weighted by Crippen LogP contribution is -1.98. The molecule has 1 nitrogen and oxygen atoms in total. The molecule has 0 spiro atoms. The van der Waals surface area contributed by atoms with Crippen LogP contribution < -0.4 is 0 Å². The van der Waals surface area contributed by atoms with Crippen molar-refractivity contribution in [3.8, 4) is 0 Å². The van der Waals surface area contributed by atoms with Crippen LogP contribution in [0.2, 0.25) is 0 Å². The van der Waals surface area contributed by atoms with Gasteiger partial charge in [-0.15, -0.1) is 11.3 Å². The Morgan fingerprint density at radius 3 is 2.47 bits per heavy atom. The molecule has 0 bridgehead atoms. The van der Waals surface area contributed by atoms with Gasteiger partial charge in [0.2, 0.25) is 0 Å². The minimum absolute atomic E-state index is 0.345. The van der Waals surface area contributed by atoms with Crippen LogP contribution in [0.4, 0.5) is 8.78 Å². The molecule has 0 fully saturated rings. The largest absolute Gasteiger partial charge is 0.383 e. The van der Waals surface area contributed by atoms with Crippen molar-refractivity contribution in [2.75, 3.05) is 0 Å². The Morgan fingerprint density at radius 1 is 1.24 bits per heavy atom. The van der Waals surface area contributed by atoms with E-state index in [9.17, 15) is 13.9 Å². The average Bonchev–Trinajstić information content (AvgIpc) is 2.62. The van der Waals surface area contributed by atoms with Crippen molar-refractivity contribution in [3.05, 3.63) is 55.7 Å². The van der Waals surface area contributed by atoms with Crippen molar-refractivity contribution in [3.63, 3.8) is 0 Å². The second kappa shape index (κ2) is 4.84. The van der Waals surface area contributed by atoms with Gasteiger partial charge in [-0.2, -0.15) is 0 Å². The number of halogens is 3. The molecule has 0 radical (unpaired) electrons. The maximum absolute atomic E-state index is 13.0. The molecule has 0 aliphatic heterocycles. The van der Waals surface area contributed by atoms with E-state index >= 15 is 0 Å². The molecule has 1 atom stereocenters.